The largest absolute Gasteiger partial charge is 0.325 e. The monoisotopic (exact) mass is 482 g/mol. The lowest BCUT2D eigenvalue weighted by Gasteiger charge is -2.44. The number of hydrazine groups is 1. The molecule has 0 saturated heterocycles. The molecule has 5 nitrogen and oxygen atoms in total. The van der Waals surface area contributed by atoms with Crippen LogP contribution in [0.2, 0.25) is 10.0 Å². The van der Waals surface area contributed by atoms with Crippen LogP contribution in [-0.4, -0.2) is 11.7 Å². The van der Waals surface area contributed by atoms with Gasteiger partial charge in [-0.25, -0.2) is 10.2 Å². The second-order valence-electron chi connectivity index (χ2n) is 8.45. The van der Waals surface area contributed by atoms with Crippen LogP contribution in [0.4, 0.5) is 10.1 Å². The van der Waals surface area contributed by atoms with Gasteiger partial charge >= 0.3 is 0 Å². The zero-order valence-electron chi connectivity index (χ0n) is 17.7. The van der Waals surface area contributed by atoms with Gasteiger partial charge in [-0.1, -0.05) is 47.5 Å². The van der Waals surface area contributed by atoms with E-state index in [9.17, 15) is 9.18 Å². The minimum absolute atomic E-state index is 0.224. The number of benzene rings is 3. The van der Waals surface area contributed by atoms with E-state index in [0.717, 1.165) is 16.7 Å². The molecule has 1 spiro atoms. The normalized spacial score (nSPS) is 23.8. The Bertz CT molecular complexity index is 1310. The number of aryl methyl sites for hydroxylation is 1. The lowest BCUT2D eigenvalue weighted by Crippen LogP contribution is -2.51. The summed E-state index contributed by atoms with van der Waals surface area (Å²) in [7, 11) is 0. The highest BCUT2D eigenvalue weighted by molar-refractivity contribution is 6.31. The van der Waals surface area contributed by atoms with Gasteiger partial charge in [-0.15, -0.1) is 0 Å². The molecule has 0 bridgehead atoms. The van der Waals surface area contributed by atoms with Crippen LogP contribution < -0.4 is 16.6 Å². The van der Waals surface area contributed by atoms with Crippen molar-refractivity contribution in [3.8, 4) is 0 Å². The van der Waals surface area contributed by atoms with Crippen molar-refractivity contribution in [2.75, 3.05) is 5.32 Å². The number of carbonyl (C=O) groups is 1. The molecule has 0 saturated carbocycles. The summed E-state index contributed by atoms with van der Waals surface area (Å²) < 4.78 is 14.5. The van der Waals surface area contributed by atoms with E-state index in [-0.39, 0.29) is 11.8 Å². The number of carbonyl (C=O) groups excluding carboxylic acids is 1. The molecule has 5 rings (SSSR count). The number of amidine groups is 1. The maximum absolute atomic E-state index is 14.5. The summed E-state index contributed by atoms with van der Waals surface area (Å²) in [5, 5.41) is 4.07. The zero-order chi connectivity index (χ0) is 23.3. The summed E-state index contributed by atoms with van der Waals surface area (Å²) in [5.41, 5.74) is 5.20. The molecule has 0 aromatic heterocycles. The standard InChI is InChI=1S/C25H21Cl2FN4O/c1-13-5-7-17(28)11-18(13)23-25(19-8-6-16(27)10-21(19)30-24(25)33)20(12-22(31-23)32-29)14-3-2-4-15(26)9-14/h2-11,20,23H,12,29H2,1H3,(H,30,33)(H,31,32)/t20-,23+,25-/m1/s1. The number of hydrogen-bond donors (Lipinski definition) is 3. The number of anilines is 1. The van der Waals surface area contributed by atoms with Crippen LogP contribution in [0.5, 0.6) is 0 Å². The molecule has 3 aromatic carbocycles. The Labute approximate surface area is 200 Å². The number of nitrogens with zero attached hydrogens (tertiary/aromatic N) is 1. The average Bonchev–Trinajstić information content (AvgIpc) is 3.07. The Hall–Kier alpha value is -2.93. The molecule has 3 atom stereocenters. The molecule has 0 aliphatic carbocycles. The van der Waals surface area contributed by atoms with Crippen molar-refractivity contribution in [2.24, 2.45) is 10.8 Å². The summed E-state index contributed by atoms with van der Waals surface area (Å²) in [6, 6.07) is 16.6. The van der Waals surface area contributed by atoms with Gasteiger partial charge in [-0.2, -0.15) is 0 Å². The zero-order valence-corrected chi connectivity index (χ0v) is 19.2. The lowest BCUT2D eigenvalue weighted by molar-refractivity contribution is -0.122. The Morgan fingerprint density at radius 3 is 2.67 bits per heavy atom. The van der Waals surface area contributed by atoms with Gasteiger partial charge in [0.15, 0.2) is 0 Å². The summed E-state index contributed by atoms with van der Waals surface area (Å²) >= 11 is 12.6. The molecule has 2 aliphatic rings. The molecule has 0 fully saturated rings. The van der Waals surface area contributed by atoms with Gasteiger partial charge in [0.2, 0.25) is 5.91 Å². The number of rotatable bonds is 2. The summed E-state index contributed by atoms with van der Waals surface area (Å²) in [6.07, 6.45) is 0.372. The summed E-state index contributed by atoms with van der Waals surface area (Å²) in [5.74, 6) is 5.34. The molecule has 0 radical (unpaired) electrons. The first-order valence-electron chi connectivity index (χ1n) is 10.5. The fraction of sp³-hybridized carbons (Fsp3) is 0.200. The summed E-state index contributed by atoms with van der Waals surface area (Å²) in [6.45, 7) is 1.88. The number of hydrogen-bond acceptors (Lipinski definition) is 4. The van der Waals surface area contributed by atoms with Crippen LogP contribution in [0, 0.1) is 12.7 Å². The third-order valence-corrected chi connectivity index (χ3v) is 7.14. The first kappa shape index (κ1) is 21.9. The van der Waals surface area contributed by atoms with E-state index < -0.39 is 17.3 Å². The average molecular weight is 483 g/mol. The fourth-order valence-electron chi connectivity index (χ4n) is 5.22. The maximum Gasteiger partial charge on any atom is 0.238 e. The lowest BCUT2D eigenvalue weighted by atomic mass is 9.59. The third kappa shape index (κ3) is 3.41. The Kier molecular flexibility index (Phi) is 5.40. The van der Waals surface area contributed by atoms with Crippen molar-refractivity contribution in [1.29, 1.82) is 0 Å². The van der Waals surface area contributed by atoms with Gasteiger partial charge in [-0.05, 0) is 65.6 Å². The van der Waals surface area contributed by atoms with Gasteiger partial charge in [0.25, 0.3) is 0 Å². The highest BCUT2D eigenvalue weighted by atomic mass is 35.5. The maximum atomic E-state index is 14.5. The Morgan fingerprint density at radius 2 is 1.91 bits per heavy atom. The van der Waals surface area contributed by atoms with Crippen molar-refractivity contribution in [3.05, 3.63) is 98.8 Å². The number of aliphatic imine (C=N–C) groups is 1. The highest BCUT2D eigenvalue weighted by Crippen LogP contribution is 2.59. The number of halogens is 3. The van der Waals surface area contributed by atoms with Crippen molar-refractivity contribution in [2.45, 2.75) is 30.7 Å². The van der Waals surface area contributed by atoms with Gasteiger partial charge < -0.3 is 10.7 Å². The second kappa shape index (κ2) is 8.13. The van der Waals surface area contributed by atoms with E-state index >= 15 is 0 Å². The van der Waals surface area contributed by atoms with Crippen LogP contribution >= 0.6 is 23.2 Å². The molecule has 33 heavy (non-hydrogen) atoms. The first-order valence-corrected chi connectivity index (χ1v) is 11.3. The third-order valence-electron chi connectivity index (χ3n) is 6.67. The predicted octanol–water partition coefficient (Wildman–Crippen LogP) is 5.42. The van der Waals surface area contributed by atoms with Gasteiger partial charge in [0.05, 0.1) is 6.04 Å². The number of amides is 1. The smallest absolute Gasteiger partial charge is 0.238 e. The molecular formula is C25H21Cl2FN4O. The van der Waals surface area contributed by atoms with E-state index in [4.69, 9.17) is 34.0 Å². The van der Waals surface area contributed by atoms with E-state index in [1.165, 1.54) is 12.1 Å². The molecule has 4 N–H and O–H groups in total. The minimum atomic E-state index is -1.16. The SMILES string of the molecule is Cc1ccc(F)cc1[C@@H]1N=C(NN)C[C@H](c2cccc(Cl)c2)[C@@]12C(=O)Nc1cc(Cl)ccc12. The number of nitrogens with two attached hydrogens (primary N) is 1. The van der Waals surface area contributed by atoms with Crippen LogP contribution in [0.3, 0.4) is 0 Å². The first-order chi connectivity index (χ1) is 15.8. The van der Waals surface area contributed by atoms with Crippen molar-refractivity contribution < 1.29 is 9.18 Å². The van der Waals surface area contributed by atoms with E-state index in [0.29, 0.717) is 33.6 Å². The molecular weight excluding hydrogens is 462 g/mol. The quantitative estimate of drug-likeness (QED) is 0.336. The molecule has 3 aromatic rings. The molecule has 0 unspecified atom stereocenters. The second-order valence-corrected chi connectivity index (χ2v) is 9.32. The Balaban J connectivity index is 1.86. The number of nitrogens with one attached hydrogen (secondary N) is 2. The number of fused-ring (bicyclic) bond motifs is 2. The molecule has 1 amide bonds. The fourth-order valence-corrected chi connectivity index (χ4v) is 5.59. The van der Waals surface area contributed by atoms with Crippen molar-refractivity contribution in [1.82, 2.24) is 5.43 Å². The van der Waals surface area contributed by atoms with E-state index in [1.807, 2.05) is 31.2 Å². The highest BCUT2D eigenvalue weighted by Gasteiger charge is 2.60. The van der Waals surface area contributed by atoms with E-state index in [1.54, 1.807) is 24.3 Å². The van der Waals surface area contributed by atoms with Gasteiger partial charge in [0.1, 0.15) is 17.1 Å². The molecule has 2 heterocycles. The molecule has 168 valence electrons. The van der Waals surface area contributed by atoms with Crippen molar-refractivity contribution in [3.63, 3.8) is 0 Å². The van der Waals surface area contributed by atoms with Gasteiger partial charge in [-0.3, -0.25) is 9.79 Å². The summed E-state index contributed by atoms with van der Waals surface area (Å²) in [4.78, 5) is 18.8. The molecule has 8 heteroatoms. The van der Waals surface area contributed by atoms with E-state index in [2.05, 4.69) is 10.7 Å². The van der Waals surface area contributed by atoms with Crippen LogP contribution in [0.15, 0.2) is 65.7 Å². The topological polar surface area (TPSA) is 79.5 Å². The predicted molar refractivity (Wildman–Crippen MR) is 129 cm³/mol. The van der Waals surface area contributed by atoms with Crippen molar-refractivity contribution >= 4 is 40.6 Å². The van der Waals surface area contributed by atoms with Gasteiger partial charge in [0, 0.05) is 28.1 Å². The Morgan fingerprint density at radius 1 is 1.12 bits per heavy atom. The van der Waals surface area contributed by atoms with Crippen LogP contribution in [0.1, 0.15) is 40.6 Å². The minimum Gasteiger partial charge on any atom is -0.325 e. The van der Waals surface area contributed by atoms with Crippen LogP contribution in [0.25, 0.3) is 0 Å². The molecule has 2 aliphatic heterocycles. The van der Waals surface area contributed by atoms with Crippen LogP contribution in [-0.2, 0) is 10.2 Å².